The second kappa shape index (κ2) is 3.93. The van der Waals surface area contributed by atoms with Gasteiger partial charge in [0.05, 0.1) is 6.61 Å². The third kappa shape index (κ3) is 1.69. The summed E-state index contributed by atoms with van der Waals surface area (Å²) in [4.78, 5) is 11.6. The molecule has 0 fully saturated rings. The fourth-order valence-corrected chi connectivity index (χ4v) is 1.95. The molecule has 0 saturated carbocycles. The summed E-state index contributed by atoms with van der Waals surface area (Å²) < 4.78 is 6.94. The Morgan fingerprint density at radius 1 is 1.60 bits per heavy atom. The number of esters is 1. The Bertz CT molecular complexity index is 416. The summed E-state index contributed by atoms with van der Waals surface area (Å²) in [5.74, 6) is -0.234. The normalized spacial score (nSPS) is 13.7. The van der Waals surface area contributed by atoms with Crippen molar-refractivity contribution in [2.24, 2.45) is 7.05 Å². The highest BCUT2D eigenvalue weighted by Crippen LogP contribution is 2.22. The second-order valence-electron chi connectivity index (χ2n) is 3.65. The van der Waals surface area contributed by atoms with E-state index in [-0.39, 0.29) is 5.97 Å². The Labute approximate surface area is 89.3 Å². The van der Waals surface area contributed by atoms with Gasteiger partial charge in [0.2, 0.25) is 0 Å². The molecule has 1 heterocycles. The van der Waals surface area contributed by atoms with Crippen molar-refractivity contribution in [3.05, 3.63) is 29.1 Å². The van der Waals surface area contributed by atoms with Gasteiger partial charge in [0.25, 0.3) is 0 Å². The largest absolute Gasteiger partial charge is 0.461 e. The number of aromatic nitrogens is 1. The van der Waals surface area contributed by atoms with Gasteiger partial charge < -0.3 is 9.30 Å². The van der Waals surface area contributed by atoms with Crippen molar-refractivity contribution in [2.75, 3.05) is 6.61 Å². The number of fused-ring (bicyclic) bond motifs is 1. The lowest BCUT2D eigenvalue weighted by Gasteiger charge is -2.09. The molecule has 3 heteroatoms. The summed E-state index contributed by atoms with van der Waals surface area (Å²) in [5, 5.41) is 0. The van der Waals surface area contributed by atoms with Crippen LogP contribution in [0.2, 0.25) is 0 Å². The number of carbonyl (C=O) groups excluding carboxylic acids is 1. The Morgan fingerprint density at radius 3 is 3.07 bits per heavy atom. The number of allylic oxidation sites excluding steroid dienone is 1. The molecule has 0 atom stereocenters. The van der Waals surface area contributed by atoms with Crippen LogP contribution in [0.15, 0.2) is 12.1 Å². The Hall–Kier alpha value is -1.51. The van der Waals surface area contributed by atoms with Gasteiger partial charge in [0.1, 0.15) is 5.69 Å². The van der Waals surface area contributed by atoms with Gasteiger partial charge in [-0.3, -0.25) is 0 Å². The predicted molar refractivity (Wildman–Crippen MR) is 58.7 cm³/mol. The maximum absolute atomic E-state index is 11.6. The molecule has 1 aliphatic rings. The Kier molecular flexibility index (Phi) is 2.62. The molecular weight excluding hydrogens is 190 g/mol. The maximum Gasteiger partial charge on any atom is 0.354 e. The van der Waals surface area contributed by atoms with E-state index in [9.17, 15) is 4.79 Å². The summed E-state index contributed by atoms with van der Waals surface area (Å²) in [6.45, 7) is 2.24. The van der Waals surface area contributed by atoms with E-state index >= 15 is 0 Å². The first kappa shape index (κ1) is 10.0. The molecule has 0 aliphatic heterocycles. The highest BCUT2D eigenvalue weighted by Gasteiger charge is 2.18. The zero-order valence-corrected chi connectivity index (χ0v) is 9.12. The third-order valence-electron chi connectivity index (χ3n) is 2.72. The van der Waals surface area contributed by atoms with Gasteiger partial charge in [-0.25, -0.2) is 4.79 Å². The van der Waals surface area contributed by atoms with Crippen LogP contribution in [0.3, 0.4) is 0 Å². The van der Waals surface area contributed by atoms with Crippen LogP contribution < -0.4 is 0 Å². The summed E-state index contributed by atoms with van der Waals surface area (Å²) in [5.41, 5.74) is 3.01. The average molecular weight is 205 g/mol. The van der Waals surface area contributed by atoms with Gasteiger partial charge >= 0.3 is 5.97 Å². The number of ether oxygens (including phenoxy) is 1. The highest BCUT2D eigenvalue weighted by atomic mass is 16.5. The van der Waals surface area contributed by atoms with E-state index in [1.165, 1.54) is 5.69 Å². The predicted octanol–water partition coefficient (Wildman–Crippen LogP) is 2.16. The van der Waals surface area contributed by atoms with Crippen molar-refractivity contribution in [3.8, 4) is 0 Å². The zero-order valence-electron chi connectivity index (χ0n) is 9.12. The standard InChI is InChI=1S/C12H15NO2/c1-3-15-12(14)11-8-9-6-4-5-7-10(9)13(11)2/h4,6,8H,3,5,7H2,1-2H3. The van der Waals surface area contributed by atoms with Gasteiger partial charge in [-0.15, -0.1) is 0 Å². The van der Waals surface area contributed by atoms with E-state index < -0.39 is 0 Å². The monoisotopic (exact) mass is 205 g/mol. The van der Waals surface area contributed by atoms with Crippen LogP contribution in [-0.2, 0) is 18.2 Å². The number of hydrogen-bond donors (Lipinski definition) is 0. The fraction of sp³-hybridized carbons (Fsp3) is 0.417. The second-order valence-corrected chi connectivity index (χ2v) is 3.65. The van der Waals surface area contributed by atoms with E-state index in [1.54, 1.807) is 0 Å². The van der Waals surface area contributed by atoms with Crippen LogP contribution >= 0.6 is 0 Å². The van der Waals surface area contributed by atoms with Crippen molar-refractivity contribution < 1.29 is 9.53 Å². The van der Waals surface area contributed by atoms with E-state index in [2.05, 4.69) is 12.2 Å². The lowest BCUT2D eigenvalue weighted by atomic mass is 10.1. The Morgan fingerprint density at radius 2 is 2.40 bits per heavy atom. The molecule has 0 radical (unpaired) electrons. The maximum atomic E-state index is 11.6. The smallest absolute Gasteiger partial charge is 0.354 e. The lowest BCUT2D eigenvalue weighted by molar-refractivity contribution is 0.0515. The molecule has 0 bridgehead atoms. The molecule has 0 aromatic carbocycles. The molecule has 15 heavy (non-hydrogen) atoms. The van der Waals surface area contributed by atoms with E-state index in [4.69, 9.17) is 4.74 Å². The summed E-state index contributed by atoms with van der Waals surface area (Å²) in [6, 6.07) is 1.91. The molecule has 3 nitrogen and oxygen atoms in total. The van der Waals surface area contributed by atoms with Crippen LogP contribution in [0.5, 0.6) is 0 Å². The van der Waals surface area contributed by atoms with Gasteiger partial charge in [-0.1, -0.05) is 12.2 Å². The molecule has 0 saturated heterocycles. The van der Waals surface area contributed by atoms with Gasteiger partial charge in [0.15, 0.2) is 0 Å². The quantitative estimate of drug-likeness (QED) is 0.693. The number of carbonyl (C=O) groups is 1. The first-order valence-electron chi connectivity index (χ1n) is 5.26. The van der Waals surface area contributed by atoms with Crippen LogP contribution in [0.1, 0.15) is 35.1 Å². The van der Waals surface area contributed by atoms with Crippen molar-refractivity contribution >= 4 is 12.0 Å². The van der Waals surface area contributed by atoms with Crippen molar-refractivity contribution in [2.45, 2.75) is 19.8 Å². The van der Waals surface area contributed by atoms with Gasteiger partial charge in [-0.05, 0) is 31.4 Å². The summed E-state index contributed by atoms with van der Waals surface area (Å²) in [7, 11) is 1.92. The fourth-order valence-electron chi connectivity index (χ4n) is 1.95. The minimum absolute atomic E-state index is 0.234. The molecule has 2 rings (SSSR count). The average Bonchev–Trinajstić information content (AvgIpc) is 2.57. The number of nitrogens with zero attached hydrogens (tertiary/aromatic N) is 1. The third-order valence-corrected chi connectivity index (χ3v) is 2.72. The molecule has 1 aromatic rings. The molecule has 1 aromatic heterocycles. The number of rotatable bonds is 2. The van der Waals surface area contributed by atoms with Crippen LogP contribution in [0.4, 0.5) is 0 Å². The topological polar surface area (TPSA) is 31.2 Å². The van der Waals surface area contributed by atoms with Crippen LogP contribution in [0.25, 0.3) is 6.08 Å². The van der Waals surface area contributed by atoms with Crippen molar-refractivity contribution in [1.82, 2.24) is 4.57 Å². The molecule has 0 amide bonds. The summed E-state index contributed by atoms with van der Waals surface area (Å²) >= 11 is 0. The first-order valence-corrected chi connectivity index (χ1v) is 5.26. The van der Waals surface area contributed by atoms with E-state index in [0.717, 1.165) is 18.4 Å². The molecular formula is C12H15NO2. The zero-order chi connectivity index (χ0) is 10.8. The van der Waals surface area contributed by atoms with E-state index in [1.807, 2.05) is 24.6 Å². The van der Waals surface area contributed by atoms with Crippen LogP contribution in [0, 0.1) is 0 Å². The van der Waals surface area contributed by atoms with Crippen molar-refractivity contribution in [3.63, 3.8) is 0 Å². The minimum Gasteiger partial charge on any atom is -0.461 e. The molecule has 80 valence electrons. The van der Waals surface area contributed by atoms with Crippen molar-refractivity contribution in [1.29, 1.82) is 0 Å². The molecule has 0 spiro atoms. The minimum atomic E-state index is -0.234. The molecule has 0 unspecified atom stereocenters. The molecule has 1 aliphatic carbocycles. The SMILES string of the molecule is CCOC(=O)c1cc2c(n1C)CCC=C2. The van der Waals surface area contributed by atoms with Gasteiger partial charge in [0, 0.05) is 12.7 Å². The molecule has 0 N–H and O–H groups in total. The van der Waals surface area contributed by atoms with Gasteiger partial charge in [-0.2, -0.15) is 0 Å². The Balaban J connectivity index is 2.38. The summed E-state index contributed by atoms with van der Waals surface area (Å²) in [6.07, 6.45) is 6.26. The lowest BCUT2D eigenvalue weighted by Crippen LogP contribution is -2.11. The van der Waals surface area contributed by atoms with E-state index in [0.29, 0.717) is 12.3 Å². The number of hydrogen-bond acceptors (Lipinski definition) is 2. The van der Waals surface area contributed by atoms with Crippen LogP contribution in [-0.4, -0.2) is 17.1 Å². The highest BCUT2D eigenvalue weighted by molar-refractivity contribution is 5.89. The first-order chi connectivity index (χ1) is 7.24.